The lowest BCUT2D eigenvalue weighted by atomic mass is 10.1. The summed E-state index contributed by atoms with van der Waals surface area (Å²) in [7, 11) is 0. The van der Waals surface area contributed by atoms with E-state index in [1.807, 2.05) is 24.3 Å². The van der Waals surface area contributed by atoms with E-state index in [-0.39, 0.29) is 24.9 Å². The van der Waals surface area contributed by atoms with Gasteiger partial charge in [0, 0.05) is 12.1 Å². The van der Waals surface area contributed by atoms with Crippen LogP contribution in [0, 0.1) is 0 Å². The van der Waals surface area contributed by atoms with E-state index < -0.39 is 12.1 Å². The molecular weight excluding hydrogens is 334 g/mol. The summed E-state index contributed by atoms with van der Waals surface area (Å²) >= 11 is 0. The van der Waals surface area contributed by atoms with Gasteiger partial charge in [0.1, 0.15) is 5.75 Å². The van der Waals surface area contributed by atoms with Crippen molar-refractivity contribution in [2.45, 2.75) is 19.1 Å². The number of imide groups is 1. The number of para-hydroxylation sites is 1. The highest BCUT2D eigenvalue weighted by molar-refractivity contribution is 6.02. The molecule has 2 aromatic carbocycles. The number of hydrogen-bond acceptors (Lipinski definition) is 4. The minimum Gasteiger partial charge on any atom is -0.480 e. The van der Waals surface area contributed by atoms with E-state index in [1.54, 1.807) is 24.3 Å². The van der Waals surface area contributed by atoms with Gasteiger partial charge in [0.05, 0.1) is 13.1 Å². The largest absolute Gasteiger partial charge is 0.480 e. The molecule has 2 aromatic rings. The fourth-order valence-corrected chi connectivity index (χ4v) is 3.10. The number of anilines is 1. The van der Waals surface area contributed by atoms with Gasteiger partial charge < -0.3 is 15.4 Å². The summed E-state index contributed by atoms with van der Waals surface area (Å²) in [5.41, 5.74) is 2.36. The predicted octanol–water partition coefficient (Wildman–Crippen LogP) is 1.68. The first-order chi connectivity index (χ1) is 12.6. The molecule has 0 spiro atoms. The zero-order valence-corrected chi connectivity index (χ0v) is 13.9. The Morgan fingerprint density at radius 1 is 1.19 bits per heavy atom. The van der Waals surface area contributed by atoms with Crippen molar-refractivity contribution in [3.05, 3.63) is 59.7 Å². The van der Waals surface area contributed by atoms with Gasteiger partial charge in [0.15, 0.2) is 6.10 Å². The molecule has 7 heteroatoms. The third kappa shape index (κ3) is 3.11. The van der Waals surface area contributed by atoms with Crippen molar-refractivity contribution in [2.24, 2.45) is 0 Å². The minimum absolute atomic E-state index is 0.0227. The summed E-state index contributed by atoms with van der Waals surface area (Å²) in [6.45, 7) is 0.189. The number of ether oxygens (including phenoxy) is 1. The number of hydrogen-bond donors (Lipinski definition) is 2. The number of rotatable bonds is 4. The molecule has 0 bridgehead atoms. The summed E-state index contributed by atoms with van der Waals surface area (Å²) in [4.78, 5) is 37.0. The molecule has 2 heterocycles. The summed E-state index contributed by atoms with van der Waals surface area (Å²) < 4.78 is 5.69. The number of benzene rings is 2. The molecule has 2 aliphatic heterocycles. The van der Waals surface area contributed by atoms with Crippen molar-refractivity contribution in [1.29, 1.82) is 0 Å². The molecule has 1 atom stereocenters. The smallest absolute Gasteiger partial charge is 0.324 e. The van der Waals surface area contributed by atoms with Crippen LogP contribution in [0.4, 0.5) is 10.5 Å². The molecule has 2 aliphatic rings. The molecule has 0 saturated carbocycles. The Labute approximate surface area is 149 Å². The maximum absolute atomic E-state index is 12.5. The molecule has 0 aliphatic carbocycles. The lowest BCUT2D eigenvalue weighted by molar-refractivity contribution is -0.125. The van der Waals surface area contributed by atoms with Crippen molar-refractivity contribution in [3.63, 3.8) is 0 Å². The normalized spacial score (nSPS) is 18.3. The molecule has 4 rings (SSSR count). The molecule has 2 N–H and O–H groups in total. The molecule has 1 fully saturated rings. The van der Waals surface area contributed by atoms with Crippen molar-refractivity contribution in [1.82, 2.24) is 10.2 Å². The van der Waals surface area contributed by atoms with Gasteiger partial charge in [0.25, 0.3) is 5.91 Å². The maximum atomic E-state index is 12.5. The van der Waals surface area contributed by atoms with Gasteiger partial charge in [-0.2, -0.15) is 0 Å². The number of nitrogens with one attached hydrogen (secondary N) is 2. The van der Waals surface area contributed by atoms with Gasteiger partial charge in [-0.15, -0.1) is 0 Å². The average Bonchev–Trinajstić information content (AvgIpc) is 3.21. The fraction of sp³-hybridized carbons (Fsp3) is 0.211. The highest BCUT2D eigenvalue weighted by Gasteiger charge is 2.30. The van der Waals surface area contributed by atoms with Gasteiger partial charge in [-0.25, -0.2) is 4.79 Å². The number of carbonyl (C=O) groups excluding carboxylic acids is 3. The zero-order chi connectivity index (χ0) is 18.1. The Morgan fingerprint density at radius 3 is 2.81 bits per heavy atom. The first-order valence-electron chi connectivity index (χ1n) is 8.33. The Morgan fingerprint density at radius 2 is 2.04 bits per heavy atom. The van der Waals surface area contributed by atoms with Crippen LogP contribution in [0.25, 0.3) is 0 Å². The van der Waals surface area contributed by atoms with Crippen LogP contribution in [0.3, 0.4) is 0 Å². The zero-order valence-electron chi connectivity index (χ0n) is 13.9. The van der Waals surface area contributed by atoms with Crippen LogP contribution in [-0.4, -0.2) is 35.4 Å². The summed E-state index contributed by atoms with van der Waals surface area (Å²) in [6, 6.07) is 14.3. The third-order valence-electron chi connectivity index (χ3n) is 4.41. The van der Waals surface area contributed by atoms with Gasteiger partial charge in [-0.05, 0) is 29.3 Å². The molecule has 7 nitrogen and oxygen atoms in total. The van der Waals surface area contributed by atoms with Crippen molar-refractivity contribution in [3.8, 4) is 5.75 Å². The second-order valence-corrected chi connectivity index (χ2v) is 6.25. The number of carbonyl (C=O) groups is 3. The molecule has 4 amide bonds. The molecule has 1 saturated heterocycles. The highest BCUT2D eigenvalue weighted by atomic mass is 16.5. The molecular formula is C19H17N3O4. The van der Waals surface area contributed by atoms with Crippen molar-refractivity contribution in [2.75, 3.05) is 11.9 Å². The number of amides is 4. The first kappa shape index (κ1) is 16.1. The summed E-state index contributed by atoms with van der Waals surface area (Å²) in [5, 5.41) is 5.32. The van der Waals surface area contributed by atoms with Crippen LogP contribution < -0.4 is 15.4 Å². The lowest BCUT2D eigenvalue weighted by Crippen LogP contribution is -2.32. The maximum Gasteiger partial charge on any atom is 0.324 e. The summed E-state index contributed by atoms with van der Waals surface area (Å²) in [5.74, 6) is 0.245. The van der Waals surface area contributed by atoms with E-state index in [1.165, 1.54) is 0 Å². The Kier molecular flexibility index (Phi) is 4.04. The van der Waals surface area contributed by atoms with Crippen LogP contribution in [0.2, 0.25) is 0 Å². The standard InChI is InChI=1S/C19H17N3O4/c23-17-10-20-19(25)22(17)11-12-4-3-6-14(8-12)21-18(24)16-9-13-5-1-2-7-15(13)26-16/h1-8,16H,9-11H2,(H,20,25)(H,21,24)/t16-/m1/s1. The Bertz CT molecular complexity index is 855. The molecule has 26 heavy (non-hydrogen) atoms. The quantitative estimate of drug-likeness (QED) is 0.821. The Balaban J connectivity index is 1.42. The second kappa shape index (κ2) is 6.51. The van der Waals surface area contributed by atoms with Crippen LogP contribution in [0.1, 0.15) is 11.1 Å². The molecule has 0 unspecified atom stereocenters. The molecule has 0 radical (unpaired) electrons. The highest BCUT2D eigenvalue weighted by Crippen LogP contribution is 2.28. The number of urea groups is 1. The van der Waals surface area contributed by atoms with Crippen molar-refractivity contribution < 1.29 is 19.1 Å². The van der Waals surface area contributed by atoms with Gasteiger partial charge in [-0.3, -0.25) is 14.5 Å². The van der Waals surface area contributed by atoms with E-state index in [0.29, 0.717) is 12.1 Å². The van der Waals surface area contributed by atoms with E-state index in [9.17, 15) is 14.4 Å². The second-order valence-electron chi connectivity index (χ2n) is 6.25. The Hall–Kier alpha value is -3.35. The molecule has 132 valence electrons. The van der Waals surface area contributed by atoms with E-state index in [2.05, 4.69) is 10.6 Å². The van der Waals surface area contributed by atoms with Crippen LogP contribution in [0.15, 0.2) is 48.5 Å². The third-order valence-corrected chi connectivity index (χ3v) is 4.41. The van der Waals surface area contributed by atoms with E-state index in [0.717, 1.165) is 21.8 Å². The first-order valence-corrected chi connectivity index (χ1v) is 8.33. The minimum atomic E-state index is -0.568. The van der Waals surface area contributed by atoms with Crippen LogP contribution >= 0.6 is 0 Å². The van der Waals surface area contributed by atoms with E-state index >= 15 is 0 Å². The lowest BCUT2D eigenvalue weighted by Gasteiger charge is -2.14. The summed E-state index contributed by atoms with van der Waals surface area (Å²) in [6.07, 6.45) is -0.0357. The number of nitrogens with zero attached hydrogens (tertiary/aromatic N) is 1. The monoisotopic (exact) mass is 351 g/mol. The van der Waals surface area contributed by atoms with E-state index in [4.69, 9.17) is 4.74 Å². The molecule has 0 aromatic heterocycles. The van der Waals surface area contributed by atoms with Crippen LogP contribution in [-0.2, 0) is 22.6 Å². The predicted molar refractivity (Wildman–Crippen MR) is 93.6 cm³/mol. The van der Waals surface area contributed by atoms with Gasteiger partial charge in [0.2, 0.25) is 5.91 Å². The SMILES string of the molecule is O=C(Nc1cccc(CN2C(=O)CNC2=O)c1)[C@H]1Cc2ccccc2O1. The number of fused-ring (bicyclic) bond motifs is 1. The topological polar surface area (TPSA) is 87.7 Å². The van der Waals surface area contributed by atoms with Gasteiger partial charge in [-0.1, -0.05) is 30.3 Å². The van der Waals surface area contributed by atoms with Crippen molar-refractivity contribution >= 4 is 23.5 Å². The van der Waals surface area contributed by atoms with Crippen LogP contribution in [0.5, 0.6) is 5.75 Å². The fourth-order valence-electron chi connectivity index (χ4n) is 3.10. The van der Waals surface area contributed by atoms with Gasteiger partial charge >= 0.3 is 6.03 Å². The average molecular weight is 351 g/mol.